The Kier molecular flexibility index (Phi) is 6.39. The van der Waals surface area contributed by atoms with Crippen LogP contribution >= 0.6 is 0 Å². The quantitative estimate of drug-likeness (QED) is 0.640. The summed E-state index contributed by atoms with van der Waals surface area (Å²) >= 11 is 0. The van der Waals surface area contributed by atoms with Crippen molar-refractivity contribution in [2.75, 3.05) is 6.54 Å². The lowest BCUT2D eigenvalue weighted by Crippen LogP contribution is -2.45. The Bertz CT molecular complexity index is 749. The first-order chi connectivity index (χ1) is 12.7. The molecular weight excluding hydrogens is 328 g/mol. The maximum atomic E-state index is 12.2. The molecule has 1 atom stereocenters. The lowest BCUT2D eigenvalue weighted by molar-refractivity contribution is -0.147. The van der Waals surface area contributed by atoms with E-state index in [4.69, 9.17) is 9.57 Å². The van der Waals surface area contributed by atoms with Crippen molar-refractivity contribution in [3.05, 3.63) is 71.3 Å². The number of rotatable bonds is 6. The zero-order valence-electron chi connectivity index (χ0n) is 15.0. The van der Waals surface area contributed by atoms with Crippen molar-refractivity contribution in [2.45, 2.75) is 39.0 Å². The van der Waals surface area contributed by atoms with Crippen LogP contribution in [0.25, 0.3) is 0 Å². The lowest BCUT2D eigenvalue weighted by Gasteiger charge is -2.23. The van der Waals surface area contributed by atoms with Crippen LogP contribution in [0.3, 0.4) is 0 Å². The lowest BCUT2D eigenvalue weighted by atomic mass is 10.0. The summed E-state index contributed by atoms with van der Waals surface area (Å²) < 4.78 is 5.38. The molecule has 5 nitrogen and oxygen atoms in total. The first-order valence-electron chi connectivity index (χ1n) is 8.88. The van der Waals surface area contributed by atoms with Gasteiger partial charge in [0.2, 0.25) is 0 Å². The summed E-state index contributed by atoms with van der Waals surface area (Å²) in [6.07, 6.45) is 1.40. The van der Waals surface area contributed by atoms with E-state index in [2.05, 4.69) is 29.5 Å². The summed E-state index contributed by atoms with van der Waals surface area (Å²) in [6.45, 7) is 3.35. The van der Waals surface area contributed by atoms with E-state index < -0.39 is 0 Å². The molecule has 136 valence electrons. The Labute approximate surface area is 154 Å². The van der Waals surface area contributed by atoms with Gasteiger partial charge in [0.05, 0.1) is 5.71 Å². The molecule has 5 heteroatoms. The number of aryl methyl sites for hydroxylation is 1. The van der Waals surface area contributed by atoms with Gasteiger partial charge in [-0.25, -0.2) is 0 Å². The van der Waals surface area contributed by atoms with Crippen LogP contribution in [0.2, 0.25) is 0 Å². The van der Waals surface area contributed by atoms with Gasteiger partial charge in [-0.2, -0.15) is 0 Å². The normalized spacial score (nSPS) is 18.5. The number of carbonyl (C=O) groups is 1. The number of nitrogens with one attached hydrogen (secondary N) is 1. The second-order valence-electron chi connectivity index (χ2n) is 6.49. The van der Waals surface area contributed by atoms with E-state index in [1.807, 2.05) is 42.5 Å². The first kappa shape index (κ1) is 18.1. The number of piperidine rings is 1. The van der Waals surface area contributed by atoms with Crippen LogP contribution in [0.1, 0.15) is 29.5 Å². The van der Waals surface area contributed by atoms with Gasteiger partial charge in [-0.15, -0.1) is 0 Å². The summed E-state index contributed by atoms with van der Waals surface area (Å²) in [4.78, 5) is 17.6. The van der Waals surface area contributed by atoms with Gasteiger partial charge >= 0.3 is 5.97 Å². The van der Waals surface area contributed by atoms with Crippen molar-refractivity contribution in [1.29, 1.82) is 0 Å². The van der Waals surface area contributed by atoms with Crippen molar-refractivity contribution in [3.63, 3.8) is 0 Å². The van der Waals surface area contributed by atoms with Gasteiger partial charge in [-0.3, -0.25) is 10.1 Å². The van der Waals surface area contributed by atoms with Crippen LogP contribution in [0.4, 0.5) is 0 Å². The zero-order chi connectivity index (χ0) is 18.2. The van der Waals surface area contributed by atoms with E-state index >= 15 is 0 Å². The van der Waals surface area contributed by atoms with Gasteiger partial charge < -0.3 is 9.57 Å². The largest absolute Gasteiger partial charge is 0.460 e. The monoisotopic (exact) mass is 352 g/mol. The second kappa shape index (κ2) is 9.15. The minimum atomic E-state index is -0.283. The fourth-order valence-corrected chi connectivity index (χ4v) is 2.85. The third kappa shape index (κ3) is 5.43. The van der Waals surface area contributed by atoms with Crippen LogP contribution in [0, 0.1) is 6.92 Å². The van der Waals surface area contributed by atoms with Gasteiger partial charge in [0.1, 0.15) is 19.3 Å². The number of ether oxygens (including phenoxy) is 1. The van der Waals surface area contributed by atoms with E-state index in [0.29, 0.717) is 26.2 Å². The Balaban J connectivity index is 1.39. The van der Waals surface area contributed by atoms with Crippen LogP contribution in [0.5, 0.6) is 0 Å². The molecule has 0 radical (unpaired) electrons. The molecule has 1 heterocycles. The smallest absolute Gasteiger partial charge is 0.323 e. The maximum absolute atomic E-state index is 12.2. The van der Waals surface area contributed by atoms with Gasteiger partial charge in [0.15, 0.2) is 0 Å². The number of esters is 1. The van der Waals surface area contributed by atoms with Crippen LogP contribution in [-0.4, -0.2) is 24.3 Å². The molecule has 0 bridgehead atoms. The molecule has 2 aromatic carbocycles. The molecule has 0 saturated carbocycles. The van der Waals surface area contributed by atoms with Crippen molar-refractivity contribution >= 4 is 11.7 Å². The Morgan fingerprint density at radius 2 is 1.92 bits per heavy atom. The fraction of sp³-hybridized carbons (Fsp3) is 0.333. The van der Waals surface area contributed by atoms with Gasteiger partial charge in [0, 0.05) is 6.54 Å². The van der Waals surface area contributed by atoms with Crippen molar-refractivity contribution in [1.82, 2.24) is 5.32 Å². The van der Waals surface area contributed by atoms with E-state index in [9.17, 15) is 4.79 Å². The number of nitrogens with zero attached hydrogens (tertiary/aromatic N) is 1. The maximum Gasteiger partial charge on any atom is 0.323 e. The first-order valence-corrected chi connectivity index (χ1v) is 8.88. The fourth-order valence-electron chi connectivity index (χ4n) is 2.85. The highest BCUT2D eigenvalue weighted by molar-refractivity contribution is 5.89. The predicted octanol–water partition coefficient (Wildman–Crippen LogP) is 3.36. The standard InChI is InChI=1S/C21H24N2O3/c1-16-6-5-9-18(12-16)15-26-23-19-10-11-20(22-13-19)21(24)25-14-17-7-3-2-4-8-17/h2-9,12,20,22H,10-11,13-15H2,1H3/b23-19-/t20-/m0/s1. The van der Waals surface area contributed by atoms with E-state index in [1.165, 1.54) is 5.56 Å². The van der Waals surface area contributed by atoms with Gasteiger partial charge in [0.25, 0.3) is 0 Å². The minimum absolute atomic E-state index is 0.214. The van der Waals surface area contributed by atoms with E-state index in [-0.39, 0.29) is 12.0 Å². The van der Waals surface area contributed by atoms with Crippen LogP contribution in [-0.2, 0) is 27.6 Å². The summed E-state index contributed by atoms with van der Waals surface area (Å²) in [5.74, 6) is -0.214. The third-order valence-electron chi connectivity index (χ3n) is 4.29. The summed E-state index contributed by atoms with van der Waals surface area (Å²) in [7, 11) is 0. The molecule has 0 unspecified atom stereocenters. The van der Waals surface area contributed by atoms with Crippen molar-refractivity contribution in [2.24, 2.45) is 5.16 Å². The number of carbonyl (C=O) groups excluding carboxylic acids is 1. The van der Waals surface area contributed by atoms with Crippen LogP contribution in [0.15, 0.2) is 59.8 Å². The topological polar surface area (TPSA) is 59.9 Å². The molecule has 0 amide bonds. The average Bonchev–Trinajstić information content (AvgIpc) is 2.67. The summed E-state index contributed by atoms with van der Waals surface area (Å²) in [6, 6.07) is 17.6. The summed E-state index contributed by atoms with van der Waals surface area (Å²) in [5.41, 5.74) is 4.21. The zero-order valence-corrected chi connectivity index (χ0v) is 15.0. The van der Waals surface area contributed by atoms with Gasteiger partial charge in [-0.1, -0.05) is 65.3 Å². The summed E-state index contributed by atoms with van der Waals surface area (Å²) in [5, 5.41) is 7.38. The minimum Gasteiger partial charge on any atom is -0.460 e. The molecule has 1 fully saturated rings. The molecule has 0 aromatic heterocycles. The van der Waals surface area contributed by atoms with Crippen LogP contribution < -0.4 is 5.32 Å². The Morgan fingerprint density at radius 3 is 2.65 bits per heavy atom. The SMILES string of the molecule is Cc1cccc(CO/N=C2/CC[C@@H](C(=O)OCc3ccccc3)NC2)c1. The second-order valence-corrected chi connectivity index (χ2v) is 6.49. The molecule has 2 aromatic rings. The predicted molar refractivity (Wildman–Crippen MR) is 101 cm³/mol. The number of hydrogen-bond donors (Lipinski definition) is 1. The number of benzene rings is 2. The highest BCUT2D eigenvalue weighted by atomic mass is 16.6. The average molecular weight is 352 g/mol. The Morgan fingerprint density at radius 1 is 1.12 bits per heavy atom. The highest BCUT2D eigenvalue weighted by Gasteiger charge is 2.25. The van der Waals surface area contributed by atoms with Crippen molar-refractivity contribution < 1.29 is 14.4 Å². The Hall–Kier alpha value is -2.66. The molecule has 0 spiro atoms. The molecule has 1 aliphatic heterocycles. The third-order valence-corrected chi connectivity index (χ3v) is 4.29. The number of hydrogen-bond acceptors (Lipinski definition) is 5. The number of oxime groups is 1. The molecule has 26 heavy (non-hydrogen) atoms. The molecule has 0 aliphatic carbocycles. The molecule has 1 aliphatic rings. The van der Waals surface area contributed by atoms with Crippen molar-refractivity contribution in [3.8, 4) is 0 Å². The molecule has 1 saturated heterocycles. The highest BCUT2D eigenvalue weighted by Crippen LogP contribution is 2.11. The van der Waals surface area contributed by atoms with E-state index in [1.54, 1.807) is 0 Å². The van der Waals surface area contributed by atoms with Gasteiger partial charge in [-0.05, 0) is 30.9 Å². The van der Waals surface area contributed by atoms with E-state index in [0.717, 1.165) is 23.3 Å². The molecular formula is C21H24N2O3. The molecule has 3 rings (SSSR count). The molecule has 1 N–H and O–H groups in total.